The maximum absolute atomic E-state index is 9.36. The van der Waals surface area contributed by atoms with Crippen LogP contribution in [0.5, 0.6) is 5.75 Å². The van der Waals surface area contributed by atoms with Crippen molar-refractivity contribution in [2.75, 3.05) is 0 Å². The molecule has 74 valence electrons. The van der Waals surface area contributed by atoms with Crippen LogP contribution in [0.15, 0.2) is 30.5 Å². The number of benzene rings is 1. The number of hydrogen-bond acceptors (Lipinski definition) is 3. The molecular weight excluding hydrogens is 190 g/mol. The van der Waals surface area contributed by atoms with Crippen molar-refractivity contribution in [2.45, 2.75) is 0 Å². The highest BCUT2D eigenvalue weighted by molar-refractivity contribution is 5.63. The first-order valence-corrected chi connectivity index (χ1v) is 4.44. The third-order valence-electron chi connectivity index (χ3n) is 2.23. The van der Waals surface area contributed by atoms with E-state index in [-0.39, 0.29) is 11.3 Å². The number of aromatic hydroxyl groups is 1. The van der Waals surface area contributed by atoms with Gasteiger partial charge in [0.1, 0.15) is 11.8 Å². The normalized spacial score (nSPS) is 9.87. The van der Waals surface area contributed by atoms with Gasteiger partial charge in [-0.15, -0.1) is 0 Å². The van der Waals surface area contributed by atoms with E-state index in [1.807, 2.05) is 19.2 Å². The molecular formula is C11H9N3O. The van der Waals surface area contributed by atoms with Crippen LogP contribution in [0, 0.1) is 11.3 Å². The summed E-state index contributed by atoms with van der Waals surface area (Å²) >= 11 is 0. The topological polar surface area (TPSA) is 61.8 Å². The minimum atomic E-state index is 0.00317. The molecule has 0 saturated heterocycles. The third kappa shape index (κ3) is 1.55. The second kappa shape index (κ2) is 3.46. The lowest BCUT2D eigenvalue weighted by Gasteiger charge is -2.03. The molecule has 1 aromatic heterocycles. The number of phenolic OH excluding ortho intramolecular Hbond substituents is 1. The van der Waals surface area contributed by atoms with Crippen molar-refractivity contribution < 1.29 is 5.11 Å². The van der Waals surface area contributed by atoms with Crippen molar-refractivity contribution in [3.8, 4) is 23.1 Å². The summed E-state index contributed by atoms with van der Waals surface area (Å²) in [6, 6.07) is 8.71. The van der Waals surface area contributed by atoms with E-state index < -0.39 is 0 Å². The summed E-state index contributed by atoms with van der Waals surface area (Å²) in [5.74, 6) is 0.00317. The molecule has 1 N–H and O–H groups in total. The van der Waals surface area contributed by atoms with Gasteiger partial charge >= 0.3 is 0 Å². The molecule has 0 aliphatic rings. The summed E-state index contributed by atoms with van der Waals surface area (Å²) < 4.78 is 1.72. The minimum absolute atomic E-state index is 0.00317. The highest BCUT2D eigenvalue weighted by Gasteiger charge is 2.06. The van der Waals surface area contributed by atoms with Crippen molar-refractivity contribution in [1.29, 1.82) is 5.26 Å². The number of aryl methyl sites for hydroxylation is 1. The van der Waals surface area contributed by atoms with Crippen molar-refractivity contribution in [1.82, 2.24) is 9.78 Å². The molecule has 0 saturated carbocycles. The quantitative estimate of drug-likeness (QED) is 0.759. The number of nitriles is 1. The van der Waals surface area contributed by atoms with E-state index in [1.165, 1.54) is 6.07 Å². The van der Waals surface area contributed by atoms with Gasteiger partial charge in [0.2, 0.25) is 0 Å². The largest absolute Gasteiger partial charge is 0.507 e. The minimum Gasteiger partial charge on any atom is -0.507 e. The Morgan fingerprint density at radius 3 is 2.80 bits per heavy atom. The molecule has 4 heteroatoms. The zero-order chi connectivity index (χ0) is 10.8. The molecule has 0 unspecified atom stereocenters. The second-order valence-corrected chi connectivity index (χ2v) is 3.18. The Bertz CT molecular complexity index is 537. The van der Waals surface area contributed by atoms with Gasteiger partial charge in [0, 0.05) is 18.8 Å². The molecule has 15 heavy (non-hydrogen) atoms. The van der Waals surface area contributed by atoms with E-state index in [2.05, 4.69) is 5.10 Å². The molecule has 0 atom stereocenters. The van der Waals surface area contributed by atoms with Crippen molar-refractivity contribution >= 4 is 0 Å². The fourth-order valence-electron chi connectivity index (χ4n) is 1.44. The van der Waals surface area contributed by atoms with Gasteiger partial charge in [0.15, 0.2) is 0 Å². The maximum atomic E-state index is 9.36. The van der Waals surface area contributed by atoms with Crippen LogP contribution in [-0.2, 0) is 7.05 Å². The number of phenols is 1. The standard InChI is InChI=1S/C11H9N3O/c1-14-10(4-5-13-14)8-2-3-11(15)9(6-8)7-12/h2-6,15H,1H3. The Labute approximate surface area is 87.0 Å². The first-order valence-electron chi connectivity index (χ1n) is 4.44. The summed E-state index contributed by atoms with van der Waals surface area (Å²) in [4.78, 5) is 0. The average molecular weight is 199 g/mol. The van der Waals surface area contributed by atoms with E-state index in [0.717, 1.165) is 11.3 Å². The Balaban J connectivity index is 2.57. The van der Waals surface area contributed by atoms with Crippen molar-refractivity contribution in [2.24, 2.45) is 7.05 Å². The number of aromatic nitrogens is 2. The maximum Gasteiger partial charge on any atom is 0.133 e. The van der Waals surface area contributed by atoms with Crippen molar-refractivity contribution in [3.63, 3.8) is 0 Å². The Hall–Kier alpha value is -2.28. The zero-order valence-corrected chi connectivity index (χ0v) is 8.18. The summed E-state index contributed by atoms with van der Waals surface area (Å²) in [6.45, 7) is 0. The smallest absolute Gasteiger partial charge is 0.133 e. The summed E-state index contributed by atoms with van der Waals surface area (Å²) in [5.41, 5.74) is 2.05. The molecule has 1 heterocycles. The van der Waals surface area contributed by atoms with Gasteiger partial charge in [-0.25, -0.2) is 0 Å². The Morgan fingerprint density at radius 1 is 1.40 bits per heavy atom. The van der Waals surface area contributed by atoms with Gasteiger partial charge in [0.05, 0.1) is 11.3 Å². The van der Waals surface area contributed by atoms with Gasteiger partial charge in [0.25, 0.3) is 0 Å². The summed E-state index contributed by atoms with van der Waals surface area (Å²) in [5, 5.41) is 22.2. The van der Waals surface area contributed by atoms with E-state index >= 15 is 0 Å². The van der Waals surface area contributed by atoms with Crippen LogP contribution in [0.4, 0.5) is 0 Å². The molecule has 2 rings (SSSR count). The highest BCUT2D eigenvalue weighted by Crippen LogP contribution is 2.24. The molecule has 0 bridgehead atoms. The monoisotopic (exact) mass is 199 g/mol. The van der Waals surface area contributed by atoms with Crippen LogP contribution in [-0.4, -0.2) is 14.9 Å². The van der Waals surface area contributed by atoms with Crippen LogP contribution >= 0.6 is 0 Å². The summed E-state index contributed by atoms with van der Waals surface area (Å²) in [7, 11) is 1.83. The van der Waals surface area contributed by atoms with Gasteiger partial charge in [-0.1, -0.05) is 0 Å². The Kier molecular flexibility index (Phi) is 2.14. The molecule has 0 fully saturated rings. The molecule has 2 aromatic rings. The lowest BCUT2D eigenvalue weighted by Crippen LogP contribution is -1.93. The second-order valence-electron chi connectivity index (χ2n) is 3.18. The predicted octanol–water partition coefficient (Wildman–Crippen LogP) is 1.66. The molecule has 0 aliphatic carbocycles. The van der Waals surface area contributed by atoms with Crippen LogP contribution < -0.4 is 0 Å². The SMILES string of the molecule is Cn1nccc1-c1ccc(O)c(C#N)c1. The fraction of sp³-hybridized carbons (Fsp3) is 0.0909. The first kappa shape index (κ1) is 9.28. The van der Waals surface area contributed by atoms with Crippen molar-refractivity contribution in [3.05, 3.63) is 36.0 Å². The van der Waals surface area contributed by atoms with E-state index in [0.29, 0.717) is 0 Å². The number of nitrogens with zero attached hydrogens (tertiary/aromatic N) is 3. The molecule has 0 spiro atoms. The van der Waals surface area contributed by atoms with E-state index in [9.17, 15) is 5.11 Å². The predicted molar refractivity (Wildman–Crippen MR) is 55.0 cm³/mol. The van der Waals surface area contributed by atoms with Crippen LogP contribution in [0.3, 0.4) is 0 Å². The molecule has 0 radical (unpaired) electrons. The summed E-state index contributed by atoms with van der Waals surface area (Å²) in [6.07, 6.45) is 1.69. The van der Waals surface area contributed by atoms with E-state index in [4.69, 9.17) is 5.26 Å². The van der Waals surface area contributed by atoms with Gasteiger partial charge in [-0.3, -0.25) is 4.68 Å². The number of rotatable bonds is 1. The first-order chi connectivity index (χ1) is 7.22. The van der Waals surface area contributed by atoms with Gasteiger partial charge in [-0.05, 0) is 24.3 Å². The molecule has 4 nitrogen and oxygen atoms in total. The third-order valence-corrected chi connectivity index (χ3v) is 2.23. The fourth-order valence-corrected chi connectivity index (χ4v) is 1.44. The van der Waals surface area contributed by atoms with Gasteiger partial charge < -0.3 is 5.11 Å². The van der Waals surface area contributed by atoms with Crippen LogP contribution in [0.1, 0.15) is 5.56 Å². The molecule has 0 amide bonds. The highest BCUT2D eigenvalue weighted by atomic mass is 16.3. The number of hydrogen-bond donors (Lipinski definition) is 1. The lowest BCUT2D eigenvalue weighted by molar-refractivity contribution is 0.473. The van der Waals surface area contributed by atoms with Crippen LogP contribution in [0.2, 0.25) is 0 Å². The lowest BCUT2D eigenvalue weighted by atomic mass is 10.1. The Morgan fingerprint density at radius 2 is 2.20 bits per heavy atom. The molecule has 1 aromatic carbocycles. The zero-order valence-electron chi connectivity index (χ0n) is 8.18. The average Bonchev–Trinajstić information content (AvgIpc) is 2.65. The van der Waals surface area contributed by atoms with Crippen LogP contribution in [0.25, 0.3) is 11.3 Å². The van der Waals surface area contributed by atoms with E-state index in [1.54, 1.807) is 23.0 Å². The van der Waals surface area contributed by atoms with Gasteiger partial charge in [-0.2, -0.15) is 10.4 Å². The molecule has 0 aliphatic heterocycles.